The normalized spacial score (nSPS) is 16.5. The van der Waals surface area contributed by atoms with E-state index in [-0.39, 0.29) is 12.0 Å². The second-order valence-electron chi connectivity index (χ2n) is 12.7. The van der Waals surface area contributed by atoms with Gasteiger partial charge in [-0.15, -0.1) is 0 Å². The monoisotopic (exact) mass is 626 g/mol. The Morgan fingerprint density at radius 1 is 0.633 bits per heavy atom. The van der Waals surface area contributed by atoms with Gasteiger partial charge in [-0.1, -0.05) is 91.0 Å². The molecule has 1 aliphatic carbocycles. The lowest BCUT2D eigenvalue weighted by Gasteiger charge is -2.30. The summed E-state index contributed by atoms with van der Waals surface area (Å²) in [5.41, 5.74) is 11.3. The van der Waals surface area contributed by atoms with E-state index in [1.165, 1.54) is 11.3 Å². The third kappa shape index (κ3) is 3.85. The molecule has 0 bridgehead atoms. The fourth-order valence-electron chi connectivity index (χ4n) is 8.14. The van der Waals surface area contributed by atoms with E-state index in [4.69, 9.17) is 4.42 Å². The molecular formula is C44H26N4O. The molecule has 0 spiro atoms. The van der Waals surface area contributed by atoms with E-state index in [1.54, 1.807) is 0 Å². The number of para-hydroxylation sites is 4. The predicted octanol–water partition coefficient (Wildman–Crippen LogP) is 10.7. The average molecular weight is 627 g/mol. The average Bonchev–Trinajstić information content (AvgIpc) is 3.81. The number of hydrogen-bond acceptors (Lipinski definition) is 4. The zero-order valence-corrected chi connectivity index (χ0v) is 26.2. The maximum absolute atomic E-state index is 10.5. The second kappa shape index (κ2) is 10.3. The van der Waals surface area contributed by atoms with Gasteiger partial charge in [0.25, 0.3) is 0 Å². The van der Waals surface area contributed by atoms with Crippen LogP contribution in [0.1, 0.15) is 28.2 Å². The Kier molecular flexibility index (Phi) is 5.76. The summed E-state index contributed by atoms with van der Waals surface area (Å²) in [5, 5.41) is 24.5. The van der Waals surface area contributed by atoms with Crippen LogP contribution in [0.5, 0.6) is 0 Å². The number of aromatic nitrogens is 1. The summed E-state index contributed by atoms with van der Waals surface area (Å²) in [7, 11) is 0. The van der Waals surface area contributed by atoms with Gasteiger partial charge in [0, 0.05) is 33.3 Å². The fraction of sp³-hybridized carbons (Fsp3) is 0.0455. The SMILES string of the molecule is N#Cc1ccc2c(c1)c1ccccc1n2-c1c(C#N)cccc1C1=CC2c3ccc4oc5ccccc5c4c3N(c3ccccc3)C2C=C1. The molecule has 2 aliphatic rings. The standard InChI is InChI=1S/C44H26N4O/c45-25-27-17-20-39-35(23-27)32-12-4-6-15-37(32)48(39)43-29(26-46)9-8-14-31(43)28-18-21-38-36(24-28)33-19-22-41-42(34-13-5-7-16-40(34)49-41)44(33)47(38)30-10-2-1-3-11-30/h1-24,36,38H. The molecule has 2 aromatic heterocycles. The van der Waals surface area contributed by atoms with Gasteiger partial charge in [0.15, 0.2) is 0 Å². The van der Waals surface area contributed by atoms with Gasteiger partial charge in [0.1, 0.15) is 17.2 Å². The van der Waals surface area contributed by atoms with Gasteiger partial charge in [0.2, 0.25) is 0 Å². The van der Waals surface area contributed by atoms with Gasteiger partial charge < -0.3 is 13.9 Å². The molecule has 1 aliphatic heterocycles. The molecular weight excluding hydrogens is 601 g/mol. The molecule has 5 heteroatoms. The lowest BCUT2D eigenvalue weighted by molar-refractivity contribution is 0.669. The minimum atomic E-state index is 0.0562. The molecule has 228 valence electrons. The molecule has 0 N–H and O–H groups in total. The van der Waals surface area contributed by atoms with Crippen molar-refractivity contribution >= 4 is 60.7 Å². The Bertz CT molecular complexity index is 2820. The molecule has 5 nitrogen and oxygen atoms in total. The molecule has 0 saturated heterocycles. The van der Waals surface area contributed by atoms with Crippen LogP contribution in [0.2, 0.25) is 0 Å². The van der Waals surface area contributed by atoms with Crippen molar-refractivity contribution in [2.24, 2.45) is 0 Å². The van der Waals surface area contributed by atoms with E-state index in [2.05, 4.69) is 113 Å². The highest BCUT2D eigenvalue weighted by molar-refractivity contribution is 6.14. The molecule has 2 atom stereocenters. The van der Waals surface area contributed by atoms with E-state index in [0.717, 1.165) is 66.3 Å². The molecule has 3 heterocycles. The number of fused-ring (bicyclic) bond motifs is 10. The predicted molar refractivity (Wildman–Crippen MR) is 196 cm³/mol. The molecule has 0 amide bonds. The number of nitrogens with zero attached hydrogens (tertiary/aromatic N) is 4. The molecule has 0 saturated carbocycles. The minimum absolute atomic E-state index is 0.0562. The maximum Gasteiger partial charge on any atom is 0.137 e. The van der Waals surface area contributed by atoms with Crippen LogP contribution in [0.25, 0.3) is 55.0 Å². The van der Waals surface area contributed by atoms with Crippen LogP contribution in [0, 0.1) is 22.7 Å². The number of benzene rings is 6. The third-order valence-electron chi connectivity index (χ3n) is 10.2. The molecule has 49 heavy (non-hydrogen) atoms. The number of anilines is 2. The number of nitriles is 2. The van der Waals surface area contributed by atoms with Crippen molar-refractivity contribution in [2.45, 2.75) is 12.0 Å². The highest BCUT2D eigenvalue weighted by Crippen LogP contribution is 2.54. The third-order valence-corrected chi connectivity index (χ3v) is 10.2. The first-order valence-electron chi connectivity index (χ1n) is 16.4. The molecule has 8 aromatic rings. The molecule has 6 aromatic carbocycles. The largest absolute Gasteiger partial charge is 0.456 e. The van der Waals surface area contributed by atoms with E-state index < -0.39 is 0 Å². The number of hydrogen-bond donors (Lipinski definition) is 0. The van der Waals surface area contributed by atoms with Crippen molar-refractivity contribution in [2.75, 3.05) is 4.90 Å². The van der Waals surface area contributed by atoms with Crippen molar-refractivity contribution in [1.82, 2.24) is 4.57 Å². The summed E-state index contributed by atoms with van der Waals surface area (Å²) >= 11 is 0. The Morgan fingerprint density at radius 3 is 2.29 bits per heavy atom. The van der Waals surface area contributed by atoms with Gasteiger partial charge in [0.05, 0.1) is 51.0 Å². The smallest absolute Gasteiger partial charge is 0.137 e. The highest BCUT2D eigenvalue weighted by atomic mass is 16.3. The first-order valence-corrected chi connectivity index (χ1v) is 16.4. The number of allylic oxidation sites excluding steroid dienone is 2. The van der Waals surface area contributed by atoms with Gasteiger partial charge in [-0.3, -0.25) is 0 Å². The molecule has 0 fully saturated rings. The first kappa shape index (κ1) is 27.3. The summed E-state index contributed by atoms with van der Waals surface area (Å²) < 4.78 is 8.56. The van der Waals surface area contributed by atoms with Gasteiger partial charge in [-0.2, -0.15) is 10.5 Å². The van der Waals surface area contributed by atoms with Crippen LogP contribution in [-0.2, 0) is 0 Å². The van der Waals surface area contributed by atoms with Gasteiger partial charge in [-0.05, 0) is 65.7 Å². The number of furan rings is 1. The van der Waals surface area contributed by atoms with Gasteiger partial charge in [-0.25, -0.2) is 0 Å². The number of rotatable bonds is 3. The van der Waals surface area contributed by atoms with Crippen molar-refractivity contribution in [3.63, 3.8) is 0 Å². The lowest BCUT2D eigenvalue weighted by Crippen LogP contribution is -2.29. The zero-order valence-electron chi connectivity index (χ0n) is 26.2. The second-order valence-corrected chi connectivity index (χ2v) is 12.7. The molecule has 2 unspecified atom stereocenters. The van der Waals surface area contributed by atoms with Crippen molar-refractivity contribution < 1.29 is 4.42 Å². The maximum atomic E-state index is 10.5. The summed E-state index contributed by atoms with van der Waals surface area (Å²) in [6.07, 6.45) is 6.91. The van der Waals surface area contributed by atoms with E-state index in [9.17, 15) is 10.5 Å². The summed E-state index contributed by atoms with van der Waals surface area (Å²) in [6.45, 7) is 0. The summed E-state index contributed by atoms with van der Waals surface area (Å²) in [5.74, 6) is 0.0585. The topological polar surface area (TPSA) is 68.9 Å². The zero-order chi connectivity index (χ0) is 32.6. The van der Waals surface area contributed by atoms with Crippen LogP contribution >= 0.6 is 0 Å². The lowest BCUT2D eigenvalue weighted by atomic mass is 9.85. The minimum Gasteiger partial charge on any atom is -0.456 e. The van der Waals surface area contributed by atoms with Crippen LogP contribution in [0.4, 0.5) is 11.4 Å². The van der Waals surface area contributed by atoms with Crippen molar-refractivity contribution in [3.05, 3.63) is 168 Å². The van der Waals surface area contributed by atoms with E-state index in [0.29, 0.717) is 11.1 Å². The quantitative estimate of drug-likeness (QED) is 0.196. The highest BCUT2D eigenvalue weighted by Gasteiger charge is 2.40. The van der Waals surface area contributed by atoms with Crippen LogP contribution in [-0.4, -0.2) is 10.6 Å². The van der Waals surface area contributed by atoms with Crippen molar-refractivity contribution in [1.29, 1.82) is 10.5 Å². The Hall–Kier alpha value is -6.82. The van der Waals surface area contributed by atoms with E-state index >= 15 is 0 Å². The van der Waals surface area contributed by atoms with Crippen LogP contribution < -0.4 is 4.90 Å². The van der Waals surface area contributed by atoms with Crippen LogP contribution in [0.15, 0.2) is 150 Å². The van der Waals surface area contributed by atoms with Crippen LogP contribution in [0.3, 0.4) is 0 Å². The van der Waals surface area contributed by atoms with Gasteiger partial charge >= 0.3 is 0 Å². The first-order chi connectivity index (χ1) is 24.2. The Balaban J connectivity index is 1.22. The van der Waals surface area contributed by atoms with E-state index in [1.807, 2.05) is 54.6 Å². The summed E-state index contributed by atoms with van der Waals surface area (Å²) in [6, 6.07) is 48.0. The Labute approximate surface area is 282 Å². The summed E-state index contributed by atoms with van der Waals surface area (Å²) in [4.78, 5) is 2.46. The van der Waals surface area contributed by atoms with Crippen molar-refractivity contribution in [3.8, 4) is 17.8 Å². The fourth-order valence-corrected chi connectivity index (χ4v) is 8.14. The molecule has 0 radical (unpaired) electrons. The molecule has 10 rings (SSSR count). The Morgan fingerprint density at radius 2 is 1.43 bits per heavy atom.